The highest BCUT2D eigenvalue weighted by Crippen LogP contribution is 2.24. The summed E-state index contributed by atoms with van der Waals surface area (Å²) >= 11 is 0. The normalized spacial score (nSPS) is 19.4. The number of benzene rings is 1. The summed E-state index contributed by atoms with van der Waals surface area (Å²) in [6.07, 6.45) is 5.77. The van der Waals surface area contributed by atoms with E-state index in [9.17, 15) is 4.79 Å². The first-order chi connectivity index (χ1) is 9.65. The van der Waals surface area contributed by atoms with E-state index in [4.69, 9.17) is 9.84 Å². The van der Waals surface area contributed by atoms with Gasteiger partial charge in [-0.05, 0) is 43.9 Å². The monoisotopic (exact) mass is 273 g/mol. The van der Waals surface area contributed by atoms with Gasteiger partial charge in [-0.1, -0.05) is 6.07 Å². The molecule has 20 heavy (non-hydrogen) atoms. The third-order valence-corrected chi connectivity index (χ3v) is 4.00. The summed E-state index contributed by atoms with van der Waals surface area (Å²) in [5.74, 6) is -0.883. The van der Waals surface area contributed by atoms with Gasteiger partial charge in [0.25, 0.3) is 0 Å². The van der Waals surface area contributed by atoms with Crippen LogP contribution >= 0.6 is 0 Å². The zero-order valence-corrected chi connectivity index (χ0v) is 11.6. The van der Waals surface area contributed by atoms with Crippen LogP contribution in [0.15, 0.2) is 24.4 Å². The van der Waals surface area contributed by atoms with Gasteiger partial charge in [-0.25, -0.2) is 4.79 Å². The number of carbonyl (C=O) groups is 1. The van der Waals surface area contributed by atoms with Crippen molar-refractivity contribution in [3.8, 4) is 0 Å². The van der Waals surface area contributed by atoms with Gasteiger partial charge in [-0.3, -0.25) is 0 Å². The molecular weight excluding hydrogens is 254 g/mol. The van der Waals surface area contributed by atoms with Crippen molar-refractivity contribution >= 4 is 16.9 Å². The Morgan fingerprint density at radius 1 is 1.45 bits per heavy atom. The molecule has 0 radical (unpaired) electrons. The van der Waals surface area contributed by atoms with Crippen molar-refractivity contribution in [3.05, 3.63) is 35.5 Å². The first-order valence-electron chi connectivity index (χ1n) is 7.09. The minimum atomic E-state index is -0.883. The van der Waals surface area contributed by atoms with E-state index in [1.165, 1.54) is 12.0 Å². The van der Waals surface area contributed by atoms with E-state index in [2.05, 4.69) is 17.7 Å². The van der Waals surface area contributed by atoms with Crippen molar-refractivity contribution in [2.24, 2.45) is 0 Å². The number of aromatic carboxylic acids is 1. The minimum absolute atomic E-state index is 0.243. The number of ether oxygens (including phenoxy) is 1. The van der Waals surface area contributed by atoms with E-state index in [1.54, 1.807) is 12.1 Å². The van der Waals surface area contributed by atoms with E-state index in [-0.39, 0.29) is 6.10 Å². The first kappa shape index (κ1) is 13.2. The number of hydrogen-bond donors (Lipinski definition) is 1. The van der Waals surface area contributed by atoms with Gasteiger partial charge < -0.3 is 14.4 Å². The molecule has 3 rings (SSSR count). The summed E-state index contributed by atoms with van der Waals surface area (Å²) in [6, 6.07) is 5.32. The molecule has 1 aliphatic heterocycles. The molecule has 1 fully saturated rings. The predicted octanol–water partition coefficient (Wildman–Crippen LogP) is 3.22. The Morgan fingerprint density at radius 2 is 2.30 bits per heavy atom. The maximum absolute atomic E-state index is 11.1. The first-order valence-corrected chi connectivity index (χ1v) is 7.09. The van der Waals surface area contributed by atoms with E-state index < -0.39 is 5.97 Å². The average Bonchev–Trinajstić information content (AvgIpc) is 2.76. The van der Waals surface area contributed by atoms with Gasteiger partial charge in [0.05, 0.1) is 11.7 Å². The zero-order chi connectivity index (χ0) is 14.1. The minimum Gasteiger partial charge on any atom is -0.478 e. The Labute approximate surface area is 118 Å². The Morgan fingerprint density at radius 3 is 3.00 bits per heavy atom. The molecule has 4 heteroatoms. The maximum atomic E-state index is 11.1. The lowest BCUT2D eigenvalue weighted by atomic mass is 10.1. The van der Waals surface area contributed by atoms with Crippen molar-refractivity contribution in [2.75, 3.05) is 6.61 Å². The molecule has 1 atom stereocenters. The van der Waals surface area contributed by atoms with Gasteiger partial charge in [-0.2, -0.15) is 0 Å². The molecule has 0 bridgehead atoms. The number of aryl methyl sites for hydroxylation is 1. The standard InChI is InChI=1S/C16H19NO3/c1-11-9-17(10-13-4-2-3-7-20-13)15-8-12(16(18)19)5-6-14(11)15/h5-6,8-9,13H,2-4,7,10H2,1H3,(H,18,19). The van der Waals surface area contributed by atoms with Gasteiger partial charge in [0.1, 0.15) is 0 Å². The Hall–Kier alpha value is -1.81. The van der Waals surface area contributed by atoms with Crippen LogP contribution in [-0.4, -0.2) is 28.4 Å². The van der Waals surface area contributed by atoms with Crippen LogP contribution in [0.5, 0.6) is 0 Å². The van der Waals surface area contributed by atoms with Crippen LogP contribution in [0.1, 0.15) is 35.2 Å². The second-order valence-electron chi connectivity index (χ2n) is 5.49. The largest absolute Gasteiger partial charge is 0.478 e. The SMILES string of the molecule is Cc1cn(CC2CCCCO2)c2cc(C(=O)O)ccc12. The van der Waals surface area contributed by atoms with Crippen LogP contribution in [0.25, 0.3) is 10.9 Å². The number of hydrogen-bond acceptors (Lipinski definition) is 2. The molecule has 4 nitrogen and oxygen atoms in total. The molecule has 1 aromatic heterocycles. The van der Waals surface area contributed by atoms with Crippen molar-refractivity contribution in [2.45, 2.75) is 38.8 Å². The van der Waals surface area contributed by atoms with Crippen molar-refractivity contribution in [1.82, 2.24) is 4.57 Å². The third kappa shape index (κ3) is 2.43. The smallest absolute Gasteiger partial charge is 0.335 e. The van der Waals surface area contributed by atoms with Crippen molar-refractivity contribution in [1.29, 1.82) is 0 Å². The van der Waals surface area contributed by atoms with E-state index in [0.717, 1.165) is 36.9 Å². The molecule has 1 aliphatic rings. The lowest BCUT2D eigenvalue weighted by Crippen LogP contribution is -2.24. The predicted molar refractivity (Wildman–Crippen MR) is 77.2 cm³/mol. The molecular formula is C16H19NO3. The fourth-order valence-corrected chi connectivity index (χ4v) is 2.93. The summed E-state index contributed by atoms with van der Waals surface area (Å²) in [5, 5.41) is 10.2. The molecule has 1 unspecified atom stereocenters. The van der Waals surface area contributed by atoms with Crippen LogP contribution in [0.3, 0.4) is 0 Å². The molecule has 1 aromatic carbocycles. The highest BCUT2D eigenvalue weighted by Gasteiger charge is 2.16. The zero-order valence-electron chi connectivity index (χ0n) is 11.6. The van der Waals surface area contributed by atoms with E-state index in [1.807, 2.05) is 6.07 Å². The number of rotatable bonds is 3. The number of carboxylic acids is 1. The summed E-state index contributed by atoms with van der Waals surface area (Å²) in [7, 11) is 0. The molecule has 106 valence electrons. The van der Waals surface area contributed by atoms with Crippen molar-refractivity contribution in [3.63, 3.8) is 0 Å². The lowest BCUT2D eigenvalue weighted by molar-refractivity contribution is 0.00669. The third-order valence-electron chi connectivity index (χ3n) is 4.00. The van der Waals surface area contributed by atoms with Gasteiger partial charge in [0.2, 0.25) is 0 Å². The molecule has 2 aromatic rings. The fourth-order valence-electron chi connectivity index (χ4n) is 2.93. The van der Waals surface area contributed by atoms with E-state index in [0.29, 0.717) is 5.56 Å². The summed E-state index contributed by atoms with van der Waals surface area (Å²) in [5.41, 5.74) is 2.49. The maximum Gasteiger partial charge on any atom is 0.335 e. The van der Waals surface area contributed by atoms with Gasteiger partial charge in [-0.15, -0.1) is 0 Å². The number of nitrogens with zero attached hydrogens (tertiary/aromatic N) is 1. The summed E-state index contributed by atoms with van der Waals surface area (Å²) in [4.78, 5) is 11.1. The number of aromatic nitrogens is 1. The van der Waals surface area contributed by atoms with Crippen LogP contribution < -0.4 is 0 Å². The molecule has 0 spiro atoms. The Bertz CT molecular complexity index is 638. The van der Waals surface area contributed by atoms with E-state index >= 15 is 0 Å². The second-order valence-corrected chi connectivity index (χ2v) is 5.49. The summed E-state index contributed by atoms with van der Waals surface area (Å²) in [6.45, 7) is 3.69. The average molecular weight is 273 g/mol. The van der Waals surface area contributed by atoms with Crippen LogP contribution in [0, 0.1) is 6.92 Å². The lowest BCUT2D eigenvalue weighted by Gasteiger charge is -2.23. The van der Waals surface area contributed by atoms with Gasteiger partial charge >= 0.3 is 5.97 Å². The Balaban J connectivity index is 1.96. The molecule has 2 heterocycles. The molecule has 0 saturated carbocycles. The number of carboxylic acid groups (broad SMARTS) is 1. The highest BCUT2D eigenvalue weighted by atomic mass is 16.5. The van der Waals surface area contributed by atoms with Crippen molar-refractivity contribution < 1.29 is 14.6 Å². The highest BCUT2D eigenvalue weighted by molar-refractivity contribution is 5.94. The molecule has 0 amide bonds. The quantitative estimate of drug-likeness (QED) is 0.934. The van der Waals surface area contributed by atoms with Crippen LogP contribution in [-0.2, 0) is 11.3 Å². The molecule has 1 N–H and O–H groups in total. The fraction of sp³-hybridized carbons (Fsp3) is 0.438. The second kappa shape index (κ2) is 5.29. The molecule has 1 saturated heterocycles. The van der Waals surface area contributed by atoms with Crippen LogP contribution in [0.2, 0.25) is 0 Å². The number of fused-ring (bicyclic) bond motifs is 1. The van der Waals surface area contributed by atoms with Gasteiger partial charge in [0, 0.05) is 30.3 Å². The van der Waals surface area contributed by atoms with Gasteiger partial charge in [0.15, 0.2) is 0 Å². The Kier molecular flexibility index (Phi) is 3.49. The van der Waals surface area contributed by atoms with Crippen LogP contribution in [0.4, 0.5) is 0 Å². The summed E-state index contributed by atoms with van der Waals surface area (Å²) < 4.78 is 7.91. The topological polar surface area (TPSA) is 51.5 Å². The molecule has 0 aliphatic carbocycles.